The summed E-state index contributed by atoms with van der Waals surface area (Å²) in [7, 11) is -3.87. The van der Waals surface area contributed by atoms with Crippen LogP contribution in [0.4, 0.5) is 5.69 Å². The molecule has 1 aliphatic heterocycles. The van der Waals surface area contributed by atoms with Gasteiger partial charge in [-0.05, 0) is 61.2 Å². The van der Waals surface area contributed by atoms with Gasteiger partial charge in [-0.3, -0.25) is 19.4 Å². The largest absolute Gasteiger partial charge is 0.336 e. The minimum Gasteiger partial charge on any atom is -0.336 e. The number of hydrogen-bond acceptors (Lipinski definition) is 5. The van der Waals surface area contributed by atoms with Crippen molar-refractivity contribution in [1.29, 1.82) is 0 Å². The number of hydrogen-bond donors (Lipinski definition) is 1. The number of pyridine rings is 1. The second-order valence-corrected chi connectivity index (χ2v) is 12.3. The van der Waals surface area contributed by atoms with E-state index in [1.54, 1.807) is 42.6 Å². The first kappa shape index (κ1) is 25.5. The topological polar surface area (TPSA) is 82.6 Å². The molecule has 1 amide bonds. The summed E-state index contributed by atoms with van der Waals surface area (Å²) in [4.78, 5) is 22.1. The van der Waals surface area contributed by atoms with Crippen LogP contribution < -0.4 is 4.72 Å². The van der Waals surface area contributed by atoms with E-state index >= 15 is 0 Å². The molecule has 2 heterocycles. The Balaban J connectivity index is 1.10. The van der Waals surface area contributed by atoms with Crippen molar-refractivity contribution in [2.45, 2.75) is 30.1 Å². The Bertz CT molecular complexity index is 1620. The normalized spacial score (nSPS) is 17.2. The van der Waals surface area contributed by atoms with E-state index in [1.807, 2.05) is 24.0 Å². The molecule has 1 N–H and O–H groups in total. The minimum atomic E-state index is -3.87. The molecule has 1 aliphatic carbocycles. The monoisotopic (exact) mass is 540 g/mol. The van der Waals surface area contributed by atoms with Gasteiger partial charge in [0.05, 0.1) is 11.2 Å². The van der Waals surface area contributed by atoms with Gasteiger partial charge in [-0.2, -0.15) is 0 Å². The molecule has 0 bridgehead atoms. The van der Waals surface area contributed by atoms with E-state index in [4.69, 9.17) is 0 Å². The summed E-state index contributed by atoms with van der Waals surface area (Å²) in [5.41, 5.74) is 3.82. The Kier molecular flexibility index (Phi) is 6.61. The van der Waals surface area contributed by atoms with Crippen LogP contribution in [-0.4, -0.2) is 61.8 Å². The lowest BCUT2D eigenvalue weighted by Gasteiger charge is -2.37. The minimum absolute atomic E-state index is 0.0189. The first-order valence-corrected chi connectivity index (χ1v) is 14.9. The van der Waals surface area contributed by atoms with Crippen LogP contribution in [0.1, 0.15) is 34.3 Å². The van der Waals surface area contributed by atoms with Crippen molar-refractivity contribution in [3.05, 3.63) is 102 Å². The molecule has 2 fully saturated rings. The number of fused-ring (bicyclic) bond motifs is 1. The molecule has 0 spiro atoms. The lowest BCUT2D eigenvalue weighted by atomic mass is 9.95. The van der Waals surface area contributed by atoms with Crippen molar-refractivity contribution < 1.29 is 13.2 Å². The van der Waals surface area contributed by atoms with E-state index in [0.717, 1.165) is 25.0 Å². The molecule has 8 heteroatoms. The Hall–Kier alpha value is -3.75. The SMILES string of the molecule is Cc1cc(C(=O)N2CCN(CC3(c4ccccc4)CC3)CC2)ccc1NS(=O)(=O)c1cccc2cccnc12. The molecule has 3 aromatic carbocycles. The highest BCUT2D eigenvalue weighted by Gasteiger charge is 2.45. The van der Waals surface area contributed by atoms with Crippen molar-refractivity contribution >= 4 is 32.5 Å². The lowest BCUT2D eigenvalue weighted by molar-refractivity contribution is 0.0626. The summed E-state index contributed by atoms with van der Waals surface area (Å²) in [6, 6.07) is 24.6. The standard InChI is InChI=1S/C31H32N4O3S/c1-23-21-25(12-13-27(23)33-39(37,38)28-11-5-7-24-8-6-16-32-29(24)28)30(36)35-19-17-34(18-20-35)22-31(14-15-31)26-9-3-2-4-10-26/h2-13,16,21,33H,14-15,17-20,22H2,1H3. The van der Waals surface area contributed by atoms with Gasteiger partial charge in [-0.25, -0.2) is 8.42 Å². The Morgan fingerprint density at radius 3 is 2.38 bits per heavy atom. The highest BCUT2D eigenvalue weighted by atomic mass is 32.2. The van der Waals surface area contributed by atoms with Gasteiger partial charge in [0.1, 0.15) is 4.90 Å². The molecule has 0 unspecified atom stereocenters. The molecule has 0 radical (unpaired) electrons. The Morgan fingerprint density at radius 2 is 1.67 bits per heavy atom. The first-order chi connectivity index (χ1) is 18.8. The zero-order valence-corrected chi connectivity index (χ0v) is 22.8. The summed E-state index contributed by atoms with van der Waals surface area (Å²) in [6.07, 6.45) is 4.03. The zero-order valence-electron chi connectivity index (χ0n) is 22.0. The smallest absolute Gasteiger partial charge is 0.264 e. The highest BCUT2D eigenvalue weighted by Crippen LogP contribution is 2.48. The summed E-state index contributed by atoms with van der Waals surface area (Å²) in [5, 5.41) is 0.755. The number of amides is 1. The number of sulfonamides is 1. The van der Waals surface area contributed by atoms with Crippen molar-refractivity contribution in [1.82, 2.24) is 14.8 Å². The quantitative estimate of drug-likeness (QED) is 0.363. The average Bonchev–Trinajstić information content (AvgIpc) is 3.75. The molecule has 1 aromatic heterocycles. The predicted octanol–water partition coefficient (Wildman–Crippen LogP) is 4.83. The van der Waals surface area contributed by atoms with E-state index in [1.165, 1.54) is 18.4 Å². The number of benzene rings is 3. The third-order valence-electron chi connectivity index (χ3n) is 8.03. The molecule has 200 valence electrons. The maximum atomic E-state index is 13.3. The molecule has 2 aliphatic rings. The van der Waals surface area contributed by atoms with E-state index in [2.05, 4.69) is 44.9 Å². The molecule has 1 saturated heterocycles. The van der Waals surface area contributed by atoms with Gasteiger partial charge in [0.15, 0.2) is 0 Å². The fourth-order valence-corrected chi connectivity index (χ4v) is 6.92. The third kappa shape index (κ3) is 5.14. The summed E-state index contributed by atoms with van der Waals surface area (Å²) >= 11 is 0. The highest BCUT2D eigenvalue weighted by molar-refractivity contribution is 7.93. The van der Waals surface area contributed by atoms with Gasteiger partial charge in [0, 0.05) is 55.3 Å². The van der Waals surface area contributed by atoms with Gasteiger partial charge in [0.25, 0.3) is 15.9 Å². The fourth-order valence-electron chi connectivity index (χ4n) is 5.60. The zero-order chi connectivity index (χ0) is 27.0. The fraction of sp³-hybridized carbons (Fsp3) is 0.290. The number of piperazine rings is 1. The van der Waals surface area contributed by atoms with Gasteiger partial charge >= 0.3 is 0 Å². The van der Waals surface area contributed by atoms with Crippen LogP contribution in [-0.2, 0) is 15.4 Å². The van der Waals surface area contributed by atoms with Crippen LogP contribution in [0.15, 0.2) is 90.0 Å². The molecule has 0 atom stereocenters. The van der Waals surface area contributed by atoms with E-state index < -0.39 is 10.0 Å². The molecule has 4 aromatic rings. The number of nitrogens with one attached hydrogen (secondary N) is 1. The van der Waals surface area contributed by atoms with Gasteiger partial charge in [-0.1, -0.05) is 48.5 Å². The second-order valence-electron chi connectivity index (χ2n) is 10.7. The van der Waals surface area contributed by atoms with Gasteiger partial charge < -0.3 is 4.90 Å². The number of carbonyl (C=O) groups excluding carboxylic acids is 1. The van der Waals surface area contributed by atoms with Crippen LogP contribution >= 0.6 is 0 Å². The van der Waals surface area contributed by atoms with Crippen LogP contribution in [0.2, 0.25) is 0 Å². The summed E-state index contributed by atoms with van der Waals surface area (Å²) in [5.74, 6) is -0.0189. The number of aromatic nitrogens is 1. The van der Waals surface area contributed by atoms with Crippen molar-refractivity contribution in [2.75, 3.05) is 37.4 Å². The van der Waals surface area contributed by atoms with Crippen LogP contribution in [0, 0.1) is 6.92 Å². The maximum Gasteiger partial charge on any atom is 0.264 e. The number of para-hydroxylation sites is 1. The number of carbonyl (C=O) groups is 1. The van der Waals surface area contributed by atoms with Crippen LogP contribution in [0.3, 0.4) is 0 Å². The van der Waals surface area contributed by atoms with Crippen molar-refractivity contribution in [3.8, 4) is 0 Å². The molecular formula is C31H32N4O3S. The van der Waals surface area contributed by atoms with E-state index in [-0.39, 0.29) is 16.2 Å². The molecule has 1 saturated carbocycles. The number of anilines is 1. The predicted molar refractivity (Wildman–Crippen MR) is 153 cm³/mol. The molecule has 6 rings (SSSR count). The number of aryl methyl sites for hydroxylation is 1. The summed E-state index contributed by atoms with van der Waals surface area (Å²) < 4.78 is 29.1. The summed E-state index contributed by atoms with van der Waals surface area (Å²) in [6.45, 7) is 5.94. The lowest BCUT2D eigenvalue weighted by Crippen LogP contribution is -2.50. The van der Waals surface area contributed by atoms with Crippen LogP contribution in [0.5, 0.6) is 0 Å². The first-order valence-electron chi connectivity index (χ1n) is 13.4. The number of nitrogens with zero attached hydrogens (tertiary/aromatic N) is 3. The molecule has 39 heavy (non-hydrogen) atoms. The maximum absolute atomic E-state index is 13.3. The van der Waals surface area contributed by atoms with E-state index in [0.29, 0.717) is 35.4 Å². The van der Waals surface area contributed by atoms with Gasteiger partial charge in [0.2, 0.25) is 0 Å². The van der Waals surface area contributed by atoms with E-state index in [9.17, 15) is 13.2 Å². The molecular weight excluding hydrogens is 508 g/mol. The molecule has 7 nitrogen and oxygen atoms in total. The Morgan fingerprint density at radius 1 is 0.923 bits per heavy atom. The van der Waals surface area contributed by atoms with Crippen molar-refractivity contribution in [3.63, 3.8) is 0 Å². The van der Waals surface area contributed by atoms with Crippen molar-refractivity contribution in [2.24, 2.45) is 0 Å². The average molecular weight is 541 g/mol. The Labute approximate surface area is 229 Å². The van der Waals surface area contributed by atoms with Gasteiger partial charge in [-0.15, -0.1) is 0 Å². The number of rotatable bonds is 7. The van der Waals surface area contributed by atoms with Crippen LogP contribution in [0.25, 0.3) is 10.9 Å². The third-order valence-corrected chi connectivity index (χ3v) is 9.43. The second kappa shape index (κ2) is 10.1.